The molecule has 5 aromatic carbocycles. The van der Waals surface area contributed by atoms with Gasteiger partial charge in [-0.25, -0.2) is 0 Å². The van der Waals surface area contributed by atoms with Crippen molar-refractivity contribution in [3.8, 4) is 5.75 Å². The lowest BCUT2D eigenvalue weighted by Crippen LogP contribution is -2.24. The number of benzene rings is 5. The summed E-state index contributed by atoms with van der Waals surface area (Å²) in [6.07, 6.45) is 4.11. The minimum atomic E-state index is -0.493. The summed E-state index contributed by atoms with van der Waals surface area (Å²) in [7, 11) is 9.86. The average molecular weight is 1250 g/mol. The second-order valence-corrected chi connectivity index (χ2v) is 31.8. The molecule has 5 aromatic rings. The molecule has 90 heavy (non-hydrogen) atoms. The molecule has 0 radical (unpaired) electrons. The number of hydrogen-bond donors (Lipinski definition) is 1. The van der Waals surface area contributed by atoms with Gasteiger partial charge in [0, 0.05) is 47.7 Å². The maximum absolute atomic E-state index is 12.1. The number of amides is 1. The van der Waals surface area contributed by atoms with Crippen LogP contribution >= 0.6 is 0 Å². The maximum Gasteiger partial charge on any atom is 0.291 e. The number of hydrogen-bond acceptors (Lipinski definition) is 8. The minimum absolute atomic E-state index is 0.00785. The van der Waals surface area contributed by atoms with Gasteiger partial charge in [0.2, 0.25) is 5.78 Å². The Balaban J connectivity index is 0.00000108. The number of methoxy groups -OCH3 is 6. The van der Waals surface area contributed by atoms with E-state index >= 15 is 0 Å². The Morgan fingerprint density at radius 1 is 0.433 bits per heavy atom. The third kappa shape index (κ3) is 31.4. The molecule has 0 spiro atoms. The molecule has 0 fully saturated rings. The highest BCUT2D eigenvalue weighted by atomic mass is 16.6. The number of rotatable bonds is 13. The van der Waals surface area contributed by atoms with Gasteiger partial charge >= 0.3 is 0 Å². The van der Waals surface area contributed by atoms with Gasteiger partial charge in [-0.3, -0.25) is 9.59 Å². The summed E-state index contributed by atoms with van der Waals surface area (Å²) in [6, 6.07) is 38.5. The molecule has 0 saturated heterocycles. The molecule has 508 valence electrons. The summed E-state index contributed by atoms with van der Waals surface area (Å²) < 4.78 is 28.3. The predicted molar refractivity (Wildman–Crippen MR) is 387 cm³/mol. The number of nitrogens with one attached hydrogen (secondary N) is 1. The summed E-state index contributed by atoms with van der Waals surface area (Å²) in [5.74, 6) is 0.603. The first-order chi connectivity index (χ1) is 41.3. The third-order valence-corrected chi connectivity index (χ3v) is 15.2. The van der Waals surface area contributed by atoms with Crippen molar-refractivity contribution in [3.63, 3.8) is 0 Å². The monoisotopic (exact) mass is 1250 g/mol. The van der Waals surface area contributed by atoms with Gasteiger partial charge in [-0.15, -0.1) is 0 Å². The van der Waals surface area contributed by atoms with Crippen LogP contribution in [0.1, 0.15) is 254 Å². The molecule has 1 N–H and O–H groups in total. The van der Waals surface area contributed by atoms with E-state index in [2.05, 4.69) is 281 Å². The van der Waals surface area contributed by atoms with Gasteiger partial charge in [-0.05, 0) is 155 Å². The number of aryl methyl sites for hydroxylation is 1. The predicted octanol–water partition coefficient (Wildman–Crippen LogP) is 20.6. The number of anilines is 1. The maximum atomic E-state index is 12.1. The molecular formula is C81H131NO8. The summed E-state index contributed by atoms with van der Waals surface area (Å²) in [5.41, 5.74) is 16.5. The fraction of sp³-hybridized carbons (Fsp3) is 0.605. The second kappa shape index (κ2) is 38.8. The fourth-order valence-electron chi connectivity index (χ4n) is 10.6. The van der Waals surface area contributed by atoms with E-state index in [9.17, 15) is 9.59 Å². The lowest BCUT2D eigenvalue weighted by molar-refractivity contribution is -0.134. The average Bonchev–Trinajstić information content (AvgIpc) is 2.11. The molecule has 9 heteroatoms. The van der Waals surface area contributed by atoms with Crippen molar-refractivity contribution in [2.75, 3.05) is 74.6 Å². The van der Waals surface area contributed by atoms with Crippen LogP contribution in [0.2, 0.25) is 0 Å². The number of ketones is 1. The Morgan fingerprint density at radius 3 is 1.07 bits per heavy atom. The molecule has 6 rings (SSSR count). The van der Waals surface area contributed by atoms with Crippen molar-refractivity contribution in [3.05, 3.63) is 165 Å². The van der Waals surface area contributed by atoms with Crippen LogP contribution in [-0.2, 0) is 84.0 Å². The Labute approximate surface area is 552 Å². The summed E-state index contributed by atoms with van der Waals surface area (Å²) in [6.45, 7) is 59.0. The van der Waals surface area contributed by atoms with Gasteiger partial charge < -0.3 is 33.7 Å². The molecule has 0 aromatic heterocycles. The third-order valence-electron chi connectivity index (χ3n) is 15.2. The van der Waals surface area contributed by atoms with Crippen LogP contribution in [0.3, 0.4) is 0 Å². The zero-order valence-electron chi connectivity index (χ0n) is 63.1. The molecule has 1 atom stereocenters. The highest BCUT2D eigenvalue weighted by Crippen LogP contribution is 2.49. The molecule has 1 unspecified atom stereocenters. The smallest absolute Gasteiger partial charge is 0.291 e. The van der Waals surface area contributed by atoms with Crippen molar-refractivity contribution in [1.29, 1.82) is 0 Å². The molecule has 0 aliphatic heterocycles. The van der Waals surface area contributed by atoms with E-state index in [1.807, 2.05) is 25.1 Å². The summed E-state index contributed by atoms with van der Waals surface area (Å²) >= 11 is 0. The van der Waals surface area contributed by atoms with Crippen LogP contribution in [0.15, 0.2) is 109 Å². The summed E-state index contributed by atoms with van der Waals surface area (Å²) in [4.78, 5) is 24.0. The van der Waals surface area contributed by atoms with E-state index in [1.54, 1.807) is 42.7 Å². The van der Waals surface area contributed by atoms with Gasteiger partial charge in [0.15, 0.2) is 0 Å². The second-order valence-electron chi connectivity index (χ2n) is 31.8. The normalized spacial score (nSPS) is 13.3. The number of fused-ring (bicyclic) bond motifs is 1. The van der Waals surface area contributed by atoms with Crippen LogP contribution in [0.5, 0.6) is 5.75 Å². The number of carbonyl (C=O) groups is 2. The highest BCUT2D eigenvalue weighted by molar-refractivity contribution is 6.40. The quantitative estimate of drug-likeness (QED) is 0.0707. The Bertz CT molecular complexity index is 2560. The Hall–Kier alpha value is -5.16. The van der Waals surface area contributed by atoms with Crippen molar-refractivity contribution >= 4 is 17.4 Å². The SMILES string of the molecule is CC(C)(C)c1ccccc1C(C)(C)C.CC(C)(C)c1ccccc1C(C)(C)C.CC(C)(C)c1ccccc1C(C)(C)C.CCCC(=O)C(=O)Nc1cc2c(c(C(C)(C)C)c1)C(C(C)(C)C)CC2.COCCOC.COCCc1cccc(OC)c1.COCOC. The molecule has 1 aliphatic rings. The van der Waals surface area contributed by atoms with E-state index in [-0.39, 0.29) is 49.1 Å². The van der Waals surface area contributed by atoms with Crippen molar-refractivity contribution in [2.45, 2.75) is 249 Å². The first kappa shape index (κ1) is 84.8. The number of Topliss-reactive ketones (excluding diaryl/α,β-unsaturated/α-hetero) is 1. The zero-order valence-corrected chi connectivity index (χ0v) is 63.1. The fourth-order valence-corrected chi connectivity index (χ4v) is 10.6. The molecular weight excluding hydrogens is 1110 g/mol. The van der Waals surface area contributed by atoms with E-state index in [0.29, 0.717) is 38.8 Å². The Morgan fingerprint density at radius 2 is 0.789 bits per heavy atom. The Kier molecular flexibility index (Phi) is 36.5. The lowest BCUT2D eigenvalue weighted by Gasteiger charge is -2.33. The zero-order chi connectivity index (χ0) is 69.7. The van der Waals surface area contributed by atoms with Crippen LogP contribution < -0.4 is 10.1 Å². The molecule has 0 heterocycles. The van der Waals surface area contributed by atoms with E-state index in [1.165, 1.54) is 55.6 Å². The van der Waals surface area contributed by atoms with Gasteiger partial charge in [-0.1, -0.05) is 258 Å². The number of ether oxygens (including phenoxy) is 6. The highest BCUT2D eigenvalue weighted by Gasteiger charge is 2.37. The first-order valence-corrected chi connectivity index (χ1v) is 32.7. The van der Waals surface area contributed by atoms with E-state index in [0.717, 1.165) is 37.3 Å². The molecule has 0 bridgehead atoms. The minimum Gasteiger partial charge on any atom is -0.497 e. The van der Waals surface area contributed by atoms with E-state index in [4.69, 9.17) is 9.47 Å². The van der Waals surface area contributed by atoms with Gasteiger partial charge in [0.1, 0.15) is 12.5 Å². The molecule has 9 nitrogen and oxygen atoms in total. The van der Waals surface area contributed by atoms with Crippen LogP contribution in [0.25, 0.3) is 0 Å². The largest absolute Gasteiger partial charge is 0.497 e. The lowest BCUT2D eigenvalue weighted by atomic mass is 9.72. The topological polar surface area (TPSA) is 102 Å². The molecule has 1 amide bonds. The number of carbonyl (C=O) groups excluding carboxylic acids is 2. The van der Waals surface area contributed by atoms with Crippen molar-refractivity contribution in [2.24, 2.45) is 5.41 Å². The van der Waals surface area contributed by atoms with Crippen molar-refractivity contribution in [1.82, 2.24) is 0 Å². The molecule has 0 saturated carbocycles. The van der Waals surface area contributed by atoms with Gasteiger partial charge in [-0.2, -0.15) is 0 Å². The van der Waals surface area contributed by atoms with Crippen LogP contribution in [0, 0.1) is 5.41 Å². The summed E-state index contributed by atoms with van der Waals surface area (Å²) in [5, 5.41) is 2.83. The van der Waals surface area contributed by atoms with Crippen LogP contribution in [0.4, 0.5) is 5.69 Å². The standard InChI is InChI=1S/C22H33NO2.3C14H22.C10H14O2.C4H10O2.C3H8O2/c1-8-9-18(24)20(25)23-15-12-14-10-11-16(21(2,3)4)19(14)17(13-15)22(5,6)7;3*1-13(2,3)11-9-7-8-10-12(11)14(4,5)6;1-11-7-6-9-4-3-5-10(8-9)12-2;1-5-3-4-6-2;1-4-3-5-2/h12-13,16H,8-11H2,1-7H3,(H,23,25);3*7-10H,1-6H3;3-5,8H,6-7H2,1-2H3;3-4H2,1-2H3;3H2,1-2H3. The molecule has 1 aliphatic carbocycles. The van der Waals surface area contributed by atoms with Gasteiger partial charge in [0.05, 0.1) is 26.9 Å². The van der Waals surface area contributed by atoms with Gasteiger partial charge in [0.25, 0.3) is 5.91 Å². The van der Waals surface area contributed by atoms with Crippen LogP contribution in [-0.4, -0.2) is 81.0 Å². The first-order valence-electron chi connectivity index (χ1n) is 32.7. The van der Waals surface area contributed by atoms with Crippen molar-refractivity contribution < 1.29 is 38.0 Å². The van der Waals surface area contributed by atoms with E-state index < -0.39 is 5.91 Å².